The number of hydrogen-bond acceptors (Lipinski definition) is 4. The van der Waals surface area contributed by atoms with Crippen molar-refractivity contribution < 1.29 is 19.4 Å². The molecule has 31 heavy (non-hydrogen) atoms. The Hall–Kier alpha value is -3.29. The molecule has 0 atom stereocenters. The SMILES string of the molecule is Cc1cc(/C=N\NC(=O)COc2ccccc2Cl)c(C)n1-c1ccc(Cl)c(C(=O)O)c1. The molecule has 0 aliphatic rings. The number of carboxylic acids is 1. The summed E-state index contributed by atoms with van der Waals surface area (Å²) in [4.78, 5) is 23.3. The second kappa shape index (κ2) is 9.68. The average molecular weight is 460 g/mol. The number of aryl methyl sites for hydroxylation is 1. The van der Waals surface area contributed by atoms with Crippen molar-refractivity contribution in [1.82, 2.24) is 9.99 Å². The number of nitrogens with one attached hydrogen (secondary N) is 1. The molecule has 0 spiro atoms. The summed E-state index contributed by atoms with van der Waals surface area (Å²) in [6, 6.07) is 13.5. The molecule has 7 nitrogen and oxygen atoms in total. The molecular weight excluding hydrogens is 441 g/mol. The van der Waals surface area contributed by atoms with Crippen molar-refractivity contribution in [3.63, 3.8) is 0 Å². The summed E-state index contributed by atoms with van der Waals surface area (Å²) < 4.78 is 7.25. The predicted octanol–water partition coefficient (Wildman–Crippen LogP) is 4.63. The maximum Gasteiger partial charge on any atom is 0.337 e. The highest BCUT2D eigenvalue weighted by Crippen LogP contribution is 2.25. The third-order valence-corrected chi connectivity index (χ3v) is 5.14. The first-order chi connectivity index (χ1) is 14.8. The largest absolute Gasteiger partial charge is 0.482 e. The van der Waals surface area contributed by atoms with Gasteiger partial charge >= 0.3 is 5.97 Å². The number of rotatable bonds is 7. The lowest BCUT2D eigenvalue weighted by Crippen LogP contribution is -2.24. The highest BCUT2D eigenvalue weighted by Gasteiger charge is 2.14. The number of carbonyl (C=O) groups excluding carboxylic acids is 1. The zero-order valence-corrected chi connectivity index (χ0v) is 18.2. The number of hydrazone groups is 1. The van der Waals surface area contributed by atoms with Gasteiger partial charge in [0.15, 0.2) is 6.61 Å². The number of nitrogens with zero attached hydrogens (tertiary/aromatic N) is 2. The van der Waals surface area contributed by atoms with E-state index >= 15 is 0 Å². The van der Waals surface area contributed by atoms with Crippen LogP contribution >= 0.6 is 23.2 Å². The van der Waals surface area contributed by atoms with Crippen molar-refractivity contribution in [2.75, 3.05) is 6.61 Å². The van der Waals surface area contributed by atoms with Gasteiger partial charge in [-0.25, -0.2) is 10.2 Å². The molecule has 1 aromatic heterocycles. The smallest absolute Gasteiger partial charge is 0.337 e. The number of ether oxygens (including phenoxy) is 1. The number of para-hydroxylation sites is 1. The van der Waals surface area contributed by atoms with Gasteiger partial charge in [0.05, 0.1) is 21.8 Å². The first-order valence-electron chi connectivity index (χ1n) is 9.19. The van der Waals surface area contributed by atoms with Gasteiger partial charge < -0.3 is 14.4 Å². The molecule has 1 amide bonds. The number of carboxylic acid groups (broad SMARTS) is 1. The van der Waals surface area contributed by atoms with Crippen molar-refractivity contribution in [2.24, 2.45) is 5.10 Å². The van der Waals surface area contributed by atoms with E-state index < -0.39 is 11.9 Å². The van der Waals surface area contributed by atoms with Crippen molar-refractivity contribution in [3.05, 3.63) is 81.1 Å². The summed E-state index contributed by atoms with van der Waals surface area (Å²) in [6.07, 6.45) is 1.51. The summed E-state index contributed by atoms with van der Waals surface area (Å²) in [5, 5.41) is 13.9. The van der Waals surface area contributed by atoms with Gasteiger partial charge in [-0.15, -0.1) is 0 Å². The lowest BCUT2D eigenvalue weighted by molar-refractivity contribution is -0.123. The highest BCUT2D eigenvalue weighted by molar-refractivity contribution is 6.33. The van der Waals surface area contributed by atoms with Crippen LogP contribution in [0.15, 0.2) is 53.6 Å². The van der Waals surface area contributed by atoms with Gasteiger partial charge in [-0.2, -0.15) is 5.10 Å². The molecule has 0 aliphatic heterocycles. The molecule has 0 bridgehead atoms. The number of benzene rings is 2. The van der Waals surface area contributed by atoms with Crippen LogP contribution in [-0.2, 0) is 4.79 Å². The molecule has 9 heteroatoms. The number of halogens is 2. The quantitative estimate of drug-likeness (QED) is 0.397. The van der Waals surface area contributed by atoms with Crippen LogP contribution in [0.4, 0.5) is 0 Å². The molecule has 0 fully saturated rings. The monoisotopic (exact) mass is 459 g/mol. The molecular formula is C22H19Cl2N3O4. The standard InChI is InChI=1S/C22H19Cl2N3O4/c1-13-9-15(11-25-26-21(28)12-31-20-6-4-3-5-19(20)24)14(2)27(13)16-7-8-18(23)17(10-16)22(29)30/h3-11H,12H2,1-2H3,(H,26,28)(H,29,30)/b25-11-. The number of aromatic nitrogens is 1. The molecule has 0 unspecified atom stereocenters. The lowest BCUT2D eigenvalue weighted by Gasteiger charge is -2.11. The van der Waals surface area contributed by atoms with Crippen LogP contribution in [0.25, 0.3) is 5.69 Å². The fraction of sp³-hybridized carbons (Fsp3) is 0.136. The summed E-state index contributed by atoms with van der Waals surface area (Å²) in [7, 11) is 0. The topological polar surface area (TPSA) is 92.9 Å². The fourth-order valence-corrected chi connectivity index (χ4v) is 3.43. The van der Waals surface area contributed by atoms with Crippen molar-refractivity contribution >= 4 is 41.3 Å². The maximum atomic E-state index is 12.0. The van der Waals surface area contributed by atoms with Crippen molar-refractivity contribution in [1.29, 1.82) is 0 Å². The average Bonchev–Trinajstić information content (AvgIpc) is 3.01. The number of hydrogen-bond donors (Lipinski definition) is 2. The summed E-state index contributed by atoms with van der Waals surface area (Å²) in [6.45, 7) is 3.52. The molecule has 160 valence electrons. The van der Waals surface area contributed by atoms with E-state index in [2.05, 4.69) is 10.5 Å². The van der Waals surface area contributed by atoms with E-state index in [0.717, 1.165) is 17.0 Å². The first kappa shape index (κ1) is 22.4. The van der Waals surface area contributed by atoms with E-state index in [1.807, 2.05) is 24.5 Å². The molecule has 3 rings (SSSR count). The van der Waals surface area contributed by atoms with Crippen molar-refractivity contribution in [2.45, 2.75) is 13.8 Å². The molecule has 0 saturated carbocycles. The van der Waals surface area contributed by atoms with Crippen molar-refractivity contribution in [3.8, 4) is 11.4 Å². The van der Waals surface area contributed by atoms with Gasteiger partial charge in [-0.3, -0.25) is 4.79 Å². The number of aromatic carboxylic acids is 1. The second-order valence-electron chi connectivity index (χ2n) is 6.64. The van der Waals surface area contributed by atoms with Crippen LogP contribution in [0.5, 0.6) is 5.75 Å². The van der Waals surface area contributed by atoms with E-state index in [1.165, 1.54) is 12.3 Å². The molecule has 0 aliphatic carbocycles. The Kier molecular flexibility index (Phi) is 6.99. The Labute approximate surface area is 188 Å². The normalized spacial score (nSPS) is 11.0. The Morgan fingerprint density at radius 2 is 1.87 bits per heavy atom. The van der Waals surface area contributed by atoms with Crippen LogP contribution in [0.1, 0.15) is 27.3 Å². The second-order valence-corrected chi connectivity index (χ2v) is 7.46. The Balaban J connectivity index is 1.70. The Morgan fingerprint density at radius 1 is 1.13 bits per heavy atom. The van der Waals surface area contributed by atoms with E-state index in [1.54, 1.807) is 36.4 Å². The molecule has 2 aromatic carbocycles. The summed E-state index contributed by atoms with van der Waals surface area (Å²) >= 11 is 12.0. The van der Waals surface area contributed by atoms with Crippen LogP contribution in [-0.4, -0.2) is 34.4 Å². The van der Waals surface area contributed by atoms with Gasteiger partial charge in [0.25, 0.3) is 5.91 Å². The minimum absolute atomic E-state index is 0.0210. The molecule has 0 saturated heterocycles. The van der Waals surface area contributed by atoms with E-state index in [-0.39, 0.29) is 17.2 Å². The van der Waals surface area contributed by atoms with Gasteiger partial charge in [0.2, 0.25) is 0 Å². The van der Waals surface area contributed by atoms with Gasteiger partial charge in [0.1, 0.15) is 5.75 Å². The van der Waals surface area contributed by atoms with Gasteiger partial charge in [-0.05, 0) is 50.2 Å². The third kappa shape index (κ3) is 5.25. The Bertz CT molecular complexity index is 1170. The summed E-state index contributed by atoms with van der Waals surface area (Å²) in [5.74, 6) is -1.12. The third-order valence-electron chi connectivity index (χ3n) is 4.50. The van der Waals surface area contributed by atoms with Gasteiger partial charge in [0, 0.05) is 22.6 Å². The predicted molar refractivity (Wildman–Crippen MR) is 120 cm³/mol. The molecule has 0 radical (unpaired) electrons. The minimum atomic E-state index is -1.10. The molecule has 1 heterocycles. The maximum absolute atomic E-state index is 12.0. The number of carbonyl (C=O) groups is 2. The minimum Gasteiger partial charge on any atom is -0.482 e. The van der Waals surface area contributed by atoms with Crippen LogP contribution in [0, 0.1) is 13.8 Å². The van der Waals surface area contributed by atoms with Crippen LogP contribution < -0.4 is 10.2 Å². The van der Waals surface area contributed by atoms with E-state index in [4.69, 9.17) is 27.9 Å². The van der Waals surface area contributed by atoms with Crippen LogP contribution in [0.3, 0.4) is 0 Å². The number of amides is 1. The molecule has 2 N–H and O–H groups in total. The molecule has 3 aromatic rings. The lowest BCUT2D eigenvalue weighted by atomic mass is 10.2. The zero-order chi connectivity index (χ0) is 22.5. The highest BCUT2D eigenvalue weighted by atomic mass is 35.5. The zero-order valence-electron chi connectivity index (χ0n) is 16.7. The first-order valence-corrected chi connectivity index (χ1v) is 9.95. The Morgan fingerprint density at radius 3 is 2.58 bits per heavy atom. The fourth-order valence-electron chi connectivity index (χ4n) is 3.04. The summed E-state index contributed by atoms with van der Waals surface area (Å²) in [5.41, 5.74) is 5.54. The van der Waals surface area contributed by atoms with E-state index in [0.29, 0.717) is 16.5 Å². The van der Waals surface area contributed by atoms with Gasteiger partial charge in [-0.1, -0.05) is 35.3 Å². The van der Waals surface area contributed by atoms with Crippen LogP contribution in [0.2, 0.25) is 10.0 Å². The van der Waals surface area contributed by atoms with E-state index in [9.17, 15) is 14.7 Å².